The fourth-order valence-electron chi connectivity index (χ4n) is 1.40. The van der Waals surface area contributed by atoms with Crippen molar-refractivity contribution in [2.75, 3.05) is 0 Å². The van der Waals surface area contributed by atoms with Crippen molar-refractivity contribution in [3.63, 3.8) is 0 Å². The Bertz CT molecular complexity index is 511. The predicted molar refractivity (Wildman–Crippen MR) is 61.7 cm³/mol. The topological polar surface area (TPSA) is 37.3 Å². The van der Waals surface area contributed by atoms with Crippen LogP contribution in [0, 0.1) is 0 Å². The summed E-state index contributed by atoms with van der Waals surface area (Å²) in [5.74, 6) is -0.999. The van der Waals surface area contributed by atoms with E-state index in [1.807, 2.05) is 24.3 Å². The van der Waals surface area contributed by atoms with Crippen LogP contribution in [0.3, 0.4) is 0 Å². The number of aromatic carboxylic acids is 1. The third-order valence-electron chi connectivity index (χ3n) is 2.09. The summed E-state index contributed by atoms with van der Waals surface area (Å²) in [5, 5.41) is 10.9. The quantitative estimate of drug-likeness (QED) is 0.813. The molecule has 2 nitrogen and oxygen atoms in total. The number of carbonyl (C=O) groups is 1. The Morgan fingerprint density at radius 1 is 1.13 bits per heavy atom. The molecular formula is C11H7ClGaO2. The van der Waals surface area contributed by atoms with Gasteiger partial charge in [0.1, 0.15) is 0 Å². The molecular weight excluding hydrogens is 269 g/mol. The molecule has 0 spiro atoms. The Morgan fingerprint density at radius 2 is 1.80 bits per heavy atom. The second-order valence-corrected chi connectivity index (χ2v) is 3.33. The van der Waals surface area contributed by atoms with Gasteiger partial charge >= 0.3 is 5.97 Å². The van der Waals surface area contributed by atoms with Gasteiger partial charge in [-0.15, -0.1) is 0 Å². The molecule has 1 N–H and O–H groups in total. The van der Waals surface area contributed by atoms with Gasteiger partial charge in [-0.1, -0.05) is 41.9 Å². The average molecular weight is 276 g/mol. The minimum atomic E-state index is -0.999. The maximum Gasteiger partial charge on any atom is 0.337 e. The van der Waals surface area contributed by atoms with Gasteiger partial charge in [0.25, 0.3) is 0 Å². The summed E-state index contributed by atoms with van der Waals surface area (Å²) in [7, 11) is 0. The van der Waals surface area contributed by atoms with Gasteiger partial charge in [0.15, 0.2) is 0 Å². The van der Waals surface area contributed by atoms with Crippen LogP contribution in [0.4, 0.5) is 0 Å². The second kappa shape index (κ2) is 4.74. The molecule has 0 aliphatic heterocycles. The number of carboxylic acid groups (broad SMARTS) is 1. The van der Waals surface area contributed by atoms with Crippen molar-refractivity contribution in [3.05, 3.63) is 47.0 Å². The largest absolute Gasteiger partial charge is 0.478 e. The van der Waals surface area contributed by atoms with Gasteiger partial charge in [-0.25, -0.2) is 4.79 Å². The predicted octanol–water partition coefficient (Wildman–Crippen LogP) is 2.81. The van der Waals surface area contributed by atoms with Gasteiger partial charge in [0.2, 0.25) is 0 Å². The summed E-state index contributed by atoms with van der Waals surface area (Å²) in [6.45, 7) is 0. The molecule has 0 atom stereocenters. The summed E-state index contributed by atoms with van der Waals surface area (Å²) >= 11 is 5.96. The Labute approximate surface area is 105 Å². The number of hydrogen-bond donors (Lipinski definition) is 1. The summed E-state index contributed by atoms with van der Waals surface area (Å²) in [4.78, 5) is 10.8. The van der Waals surface area contributed by atoms with Crippen molar-refractivity contribution in [2.24, 2.45) is 0 Å². The number of benzene rings is 2. The van der Waals surface area contributed by atoms with Crippen LogP contribution in [-0.4, -0.2) is 30.9 Å². The van der Waals surface area contributed by atoms with Crippen LogP contribution in [-0.2, 0) is 0 Å². The number of fused-ring (bicyclic) bond motifs is 1. The minimum Gasteiger partial charge on any atom is -0.478 e. The maximum absolute atomic E-state index is 10.8. The number of hydrogen-bond acceptors (Lipinski definition) is 1. The molecule has 3 radical (unpaired) electrons. The van der Waals surface area contributed by atoms with Crippen LogP contribution in [0.25, 0.3) is 10.8 Å². The molecule has 2 rings (SSSR count). The first kappa shape index (κ1) is 12.2. The molecule has 2 aromatic rings. The van der Waals surface area contributed by atoms with E-state index in [-0.39, 0.29) is 25.4 Å². The SMILES string of the molecule is O=C(O)c1ccc2ccccc2c1Cl.[Ga]. The van der Waals surface area contributed by atoms with E-state index in [0.717, 1.165) is 10.8 Å². The van der Waals surface area contributed by atoms with Gasteiger partial charge in [-0.05, 0) is 11.5 Å². The normalized spacial score (nSPS) is 9.67. The average Bonchev–Trinajstić information content (AvgIpc) is 2.18. The Hall–Kier alpha value is -0.904. The molecule has 0 aromatic heterocycles. The molecule has 0 amide bonds. The molecule has 0 aliphatic rings. The summed E-state index contributed by atoms with van der Waals surface area (Å²) < 4.78 is 0. The molecule has 4 heteroatoms. The van der Waals surface area contributed by atoms with E-state index >= 15 is 0 Å². The standard InChI is InChI=1S/C11H7ClO2.Ga/c12-10-8-4-2-1-3-7(8)5-6-9(10)11(13)14;/h1-6H,(H,13,14);. The third kappa shape index (κ3) is 2.20. The van der Waals surface area contributed by atoms with Gasteiger partial charge in [-0.2, -0.15) is 0 Å². The Kier molecular flexibility index (Phi) is 3.85. The summed E-state index contributed by atoms with van der Waals surface area (Å²) in [6.07, 6.45) is 0. The maximum atomic E-state index is 10.8. The second-order valence-electron chi connectivity index (χ2n) is 2.95. The van der Waals surface area contributed by atoms with E-state index in [4.69, 9.17) is 16.7 Å². The van der Waals surface area contributed by atoms with Crippen molar-refractivity contribution in [1.82, 2.24) is 0 Å². The fourth-order valence-corrected chi connectivity index (χ4v) is 1.71. The first-order valence-corrected chi connectivity index (χ1v) is 4.48. The van der Waals surface area contributed by atoms with Crippen molar-refractivity contribution < 1.29 is 9.90 Å². The van der Waals surface area contributed by atoms with Crippen LogP contribution in [0.5, 0.6) is 0 Å². The van der Waals surface area contributed by atoms with Crippen molar-refractivity contribution in [2.45, 2.75) is 0 Å². The van der Waals surface area contributed by atoms with E-state index in [0.29, 0.717) is 5.02 Å². The van der Waals surface area contributed by atoms with Gasteiger partial charge in [-0.3, -0.25) is 0 Å². The molecule has 2 aromatic carbocycles. The van der Waals surface area contributed by atoms with Crippen LogP contribution in [0.2, 0.25) is 5.02 Å². The summed E-state index contributed by atoms with van der Waals surface area (Å²) in [6, 6.07) is 10.7. The zero-order chi connectivity index (χ0) is 10.1. The third-order valence-corrected chi connectivity index (χ3v) is 2.50. The van der Waals surface area contributed by atoms with Crippen molar-refractivity contribution >= 4 is 48.1 Å². The van der Waals surface area contributed by atoms with Crippen molar-refractivity contribution in [1.29, 1.82) is 0 Å². The number of rotatable bonds is 1. The molecule has 0 saturated heterocycles. The van der Waals surface area contributed by atoms with Crippen LogP contribution < -0.4 is 0 Å². The first-order valence-electron chi connectivity index (χ1n) is 4.10. The van der Waals surface area contributed by atoms with Crippen molar-refractivity contribution in [3.8, 4) is 0 Å². The molecule has 0 unspecified atom stereocenters. The van der Waals surface area contributed by atoms with E-state index < -0.39 is 5.97 Å². The molecule has 0 heterocycles. The van der Waals surface area contributed by atoms with E-state index in [2.05, 4.69) is 0 Å². The van der Waals surface area contributed by atoms with Gasteiger partial charge in [0, 0.05) is 25.2 Å². The molecule has 0 bridgehead atoms. The van der Waals surface area contributed by atoms with Crippen LogP contribution >= 0.6 is 11.6 Å². The Morgan fingerprint density at radius 3 is 2.47 bits per heavy atom. The number of halogens is 1. The van der Waals surface area contributed by atoms with Gasteiger partial charge < -0.3 is 5.11 Å². The molecule has 0 fully saturated rings. The smallest absolute Gasteiger partial charge is 0.337 e. The van der Waals surface area contributed by atoms with E-state index in [9.17, 15) is 4.79 Å². The number of carboxylic acids is 1. The Balaban J connectivity index is 0.00000112. The first-order chi connectivity index (χ1) is 6.70. The molecule has 73 valence electrons. The zero-order valence-electron chi connectivity index (χ0n) is 7.77. The van der Waals surface area contributed by atoms with Crippen LogP contribution in [0.1, 0.15) is 10.4 Å². The van der Waals surface area contributed by atoms with Crippen LogP contribution in [0.15, 0.2) is 36.4 Å². The zero-order valence-corrected chi connectivity index (χ0v) is 11.0. The minimum absolute atomic E-state index is 0. The summed E-state index contributed by atoms with van der Waals surface area (Å²) in [5.41, 5.74) is 0.144. The molecule has 0 aliphatic carbocycles. The molecule has 0 saturated carbocycles. The monoisotopic (exact) mass is 275 g/mol. The van der Waals surface area contributed by atoms with Gasteiger partial charge in [0.05, 0.1) is 10.6 Å². The van der Waals surface area contributed by atoms with E-state index in [1.165, 1.54) is 6.07 Å². The molecule has 15 heavy (non-hydrogen) atoms. The van der Waals surface area contributed by atoms with E-state index in [1.54, 1.807) is 6.07 Å². The fraction of sp³-hybridized carbons (Fsp3) is 0.